The van der Waals surface area contributed by atoms with Crippen LogP contribution in [0, 0.1) is 0 Å². The molecule has 2 amide bonds. The number of nitrogens with zero attached hydrogens (tertiary/aromatic N) is 2. The first-order valence-corrected chi connectivity index (χ1v) is 9.19. The lowest BCUT2D eigenvalue weighted by Gasteiger charge is -2.28. The number of hydrogen-bond donors (Lipinski definition) is 1. The van der Waals surface area contributed by atoms with Crippen LogP contribution in [0.25, 0.3) is 0 Å². The summed E-state index contributed by atoms with van der Waals surface area (Å²) in [4.78, 5) is 29.1. The fourth-order valence-corrected chi connectivity index (χ4v) is 3.64. The summed E-state index contributed by atoms with van der Waals surface area (Å²) in [5.41, 5.74) is 1.93. The Kier molecular flexibility index (Phi) is 5.60. The largest absolute Gasteiger partial charge is 0.373 e. The van der Waals surface area contributed by atoms with Crippen molar-refractivity contribution in [2.45, 2.75) is 4.90 Å². The molecule has 0 spiro atoms. The summed E-state index contributed by atoms with van der Waals surface area (Å²) < 4.78 is 0. The van der Waals surface area contributed by atoms with Crippen molar-refractivity contribution in [3.05, 3.63) is 54.6 Å². The number of hydrogen-bond acceptors (Lipinski definition) is 4. The number of nitrogens with one attached hydrogen (secondary N) is 1. The maximum absolute atomic E-state index is 12.3. The van der Waals surface area contributed by atoms with E-state index in [1.807, 2.05) is 61.6 Å². The molecule has 0 bridgehead atoms. The fourth-order valence-electron chi connectivity index (χ4n) is 2.70. The van der Waals surface area contributed by atoms with Crippen molar-refractivity contribution in [3.8, 4) is 0 Å². The molecule has 2 aromatic rings. The summed E-state index contributed by atoms with van der Waals surface area (Å²) in [5.74, 6) is 0.206. The van der Waals surface area contributed by atoms with Crippen LogP contribution in [0.5, 0.6) is 0 Å². The number of thioether (sulfide) groups is 1. The molecule has 5 nitrogen and oxygen atoms in total. The summed E-state index contributed by atoms with van der Waals surface area (Å²) in [6.07, 6.45) is 0. The molecular formula is C19H21N3O2S. The van der Waals surface area contributed by atoms with Gasteiger partial charge in [0, 0.05) is 30.7 Å². The highest BCUT2D eigenvalue weighted by atomic mass is 32.2. The second-order valence-electron chi connectivity index (χ2n) is 5.84. The van der Waals surface area contributed by atoms with E-state index in [4.69, 9.17) is 0 Å². The number of carbonyl (C=O) groups is 2. The molecule has 0 aromatic heterocycles. The highest BCUT2D eigenvalue weighted by Gasteiger charge is 2.25. The molecule has 1 aliphatic rings. The Bertz CT molecular complexity index is 751. The zero-order chi connectivity index (χ0) is 17.6. The van der Waals surface area contributed by atoms with Crippen molar-refractivity contribution in [2.75, 3.05) is 42.2 Å². The van der Waals surface area contributed by atoms with Crippen LogP contribution in [-0.4, -0.2) is 44.2 Å². The zero-order valence-electron chi connectivity index (χ0n) is 14.1. The maximum atomic E-state index is 12.3. The molecule has 1 heterocycles. The Morgan fingerprint density at radius 1 is 1.16 bits per heavy atom. The third-order valence-electron chi connectivity index (χ3n) is 4.08. The van der Waals surface area contributed by atoms with E-state index in [-0.39, 0.29) is 18.4 Å². The summed E-state index contributed by atoms with van der Waals surface area (Å²) in [6, 6.07) is 17.7. The number of para-hydroxylation sites is 2. The molecule has 130 valence electrons. The number of carbonyl (C=O) groups excluding carboxylic acids is 2. The van der Waals surface area contributed by atoms with Gasteiger partial charge in [-0.05, 0) is 24.3 Å². The molecule has 0 unspecified atom stereocenters. The number of fused-ring (bicyclic) bond motifs is 1. The van der Waals surface area contributed by atoms with Crippen molar-refractivity contribution >= 4 is 35.0 Å². The average molecular weight is 355 g/mol. The van der Waals surface area contributed by atoms with E-state index in [0.717, 1.165) is 16.3 Å². The monoisotopic (exact) mass is 355 g/mol. The number of rotatable bonds is 6. The molecule has 25 heavy (non-hydrogen) atoms. The molecule has 0 saturated carbocycles. The van der Waals surface area contributed by atoms with Gasteiger partial charge in [0.1, 0.15) is 6.54 Å². The maximum Gasteiger partial charge on any atom is 0.240 e. The molecule has 0 radical (unpaired) electrons. The van der Waals surface area contributed by atoms with Gasteiger partial charge < -0.3 is 15.1 Å². The molecule has 2 aromatic carbocycles. The van der Waals surface area contributed by atoms with Gasteiger partial charge in [0.05, 0.1) is 11.4 Å². The Hall–Kier alpha value is -2.47. The fraction of sp³-hybridized carbons (Fsp3) is 0.263. The first-order valence-electron chi connectivity index (χ1n) is 8.20. The topological polar surface area (TPSA) is 52.7 Å². The van der Waals surface area contributed by atoms with Crippen molar-refractivity contribution < 1.29 is 9.59 Å². The minimum absolute atomic E-state index is 0.0275. The number of amides is 2. The number of anilines is 2. The Morgan fingerprint density at radius 3 is 2.68 bits per heavy atom. The Labute approximate surface area is 152 Å². The SMILES string of the molecule is CN(CCNC(=O)CN1C(=O)CSc2ccccc21)c1ccccc1. The van der Waals surface area contributed by atoms with E-state index in [1.165, 1.54) is 11.8 Å². The van der Waals surface area contributed by atoms with E-state index in [2.05, 4.69) is 10.2 Å². The van der Waals surface area contributed by atoms with Crippen LogP contribution in [-0.2, 0) is 9.59 Å². The first-order chi connectivity index (χ1) is 12.1. The first kappa shape index (κ1) is 17.4. The molecule has 1 N–H and O–H groups in total. The molecule has 0 atom stereocenters. The van der Waals surface area contributed by atoms with Crippen LogP contribution in [0.15, 0.2) is 59.5 Å². The van der Waals surface area contributed by atoms with Crippen LogP contribution in [0.4, 0.5) is 11.4 Å². The predicted molar refractivity (Wildman–Crippen MR) is 102 cm³/mol. The smallest absolute Gasteiger partial charge is 0.240 e. The molecule has 0 fully saturated rings. The van der Waals surface area contributed by atoms with Gasteiger partial charge in [0.2, 0.25) is 11.8 Å². The Balaban J connectivity index is 1.52. The lowest BCUT2D eigenvalue weighted by molar-refractivity contribution is -0.122. The van der Waals surface area contributed by atoms with Crippen molar-refractivity contribution in [2.24, 2.45) is 0 Å². The van der Waals surface area contributed by atoms with Gasteiger partial charge in [0.15, 0.2) is 0 Å². The van der Waals surface area contributed by atoms with Crippen molar-refractivity contribution in [1.29, 1.82) is 0 Å². The van der Waals surface area contributed by atoms with Gasteiger partial charge in [-0.3, -0.25) is 9.59 Å². The lowest BCUT2D eigenvalue weighted by atomic mass is 10.2. The average Bonchev–Trinajstić information content (AvgIpc) is 2.65. The predicted octanol–water partition coefficient (Wildman–Crippen LogP) is 2.38. The molecular weight excluding hydrogens is 334 g/mol. The van der Waals surface area contributed by atoms with E-state index in [0.29, 0.717) is 18.8 Å². The van der Waals surface area contributed by atoms with E-state index < -0.39 is 0 Å². The summed E-state index contributed by atoms with van der Waals surface area (Å²) in [6.45, 7) is 1.30. The number of benzene rings is 2. The molecule has 3 rings (SSSR count). The van der Waals surface area contributed by atoms with Gasteiger partial charge in [-0.15, -0.1) is 11.8 Å². The number of likely N-dealkylation sites (N-methyl/N-ethyl adjacent to an activating group) is 1. The van der Waals surface area contributed by atoms with Crippen LogP contribution < -0.4 is 15.1 Å². The van der Waals surface area contributed by atoms with Crippen LogP contribution >= 0.6 is 11.8 Å². The van der Waals surface area contributed by atoms with Crippen LogP contribution in [0.2, 0.25) is 0 Å². The lowest BCUT2D eigenvalue weighted by Crippen LogP contribution is -2.44. The van der Waals surface area contributed by atoms with Gasteiger partial charge in [-0.25, -0.2) is 0 Å². The van der Waals surface area contributed by atoms with E-state index in [9.17, 15) is 9.59 Å². The van der Waals surface area contributed by atoms with Crippen molar-refractivity contribution in [1.82, 2.24) is 5.32 Å². The third-order valence-corrected chi connectivity index (χ3v) is 5.12. The molecule has 6 heteroatoms. The second kappa shape index (κ2) is 8.07. The summed E-state index contributed by atoms with van der Waals surface area (Å²) >= 11 is 1.52. The normalized spacial score (nSPS) is 13.3. The molecule has 0 saturated heterocycles. The summed E-state index contributed by atoms with van der Waals surface area (Å²) in [7, 11) is 1.99. The minimum Gasteiger partial charge on any atom is -0.373 e. The highest BCUT2D eigenvalue weighted by Crippen LogP contribution is 2.34. The van der Waals surface area contributed by atoms with Gasteiger partial charge in [-0.2, -0.15) is 0 Å². The van der Waals surface area contributed by atoms with E-state index in [1.54, 1.807) is 4.90 Å². The Morgan fingerprint density at radius 2 is 1.88 bits per heavy atom. The van der Waals surface area contributed by atoms with Gasteiger partial charge in [-0.1, -0.05) is 30.3 Å². The van der Waals surface area contributed by atoms with Crippen molar-refractivity contribution in [3.63, 3.8) is 0 Å². The van der Waals surface area contributed by atoms with Crippen LogP contribution in [0.1, 0.15) is 0 Å². The van der Waals surface area contributed by atoms with Gasteiger partial charge >= 0.3 is 0 Å². The quantitative estimate of drug-likeness (QED) is 0.864. The second-order valence-corrected chi connectivity index (χ2v) is 6.86. The molecule has 1 aliphatic heterocycles. The highest BCUT2D eigenvalue weighted by molar-refractivity contribution is 8.00. The standard InChI is InChI=1S/C19H21N3O2S/c1-21(15-7-3-2-4-8-15)12-11-20-18(23)13-22-16-9-5-6-10-17(16)25-14-19(22)24/h2-10H,11-14H2,1H3,(H,20,23). The minimum atomic E-state index is -0.142. The van der Waals surface area contributed by atoms with Crippen LogP contribution in [0.3, 0.4) is 0 Å². The summed E-state index contributed by atoms with van der Waals surface area (Å²) in [5, 5.41) is 2.90. The van der Waals surface area contributed by atoms with Gasteiger partial charge in [0.25, 0.3) is 0 Å². The molecule has 0 aliphatic carbocycles. The third kappa shape index (κ3) is 4.33. The van der Waals surface area contributed by atoms with E-state index >= 15 is 0 Å². The zero-order valence-corrected chi connectivity index (χ0v) is 15.0.